The van der Waals surface area contributed by atoms with E-state index < -0.39 is 0 Å². The fourth-order valence-corrected chi connectivity index (χ4v) is 2.74. The summed E-state index contributed by atoms with van der Waals surface area (Å²) in [5.74, 6) is 0.0955. The molecule has 20 heavy (non-hydrogen) atoms. The zero-order valence-electron chi connectivity index (χ0n) is 12.0. The molecule has 1 aromatic carbocycles. The molecule has 1 fully saturated rings. The Morgan fingerprint density at radius 2 is 2.15 bits per heavy atom. The number of ether oxygens (including phenoxy) is 1. The summed E-state index contributed by atoms with van der Waals surface area (Å²) in [4.78, 5) is 11.9. The van der Waals surface area contributed by atoms with Crippen LogP contribution in [0.15, 0.2) is 30.3 Å². The van der Waals surface area contributed by atoms with E-state index in [4.69, 9.17) is 10.5 Å². The molecule has 0 bridgehead atoms. The van der Waals surface area contributed by atoms with E-state index in [9.17, 15) is 4.79 Å². The number of nitrogens with two attached hydrogens (primary N) is 1. The van der Waals surface area contributed by atoms with E-state index in [0.29, 0.717) is 18.9 Å². The van der Waals surface area contributed by atoms with E-state index in [1.807, 2.05) is 30.3 Å². The lowest BCUT2D eigenvalue weighted by atomic mass is 10.0. The molecule has 1 aromatic rings. The van der Waals surface area contributed by atoms with Gasteiger partial charge in [-0.25, -0.2) is 0 Å². The van der Waals surface area contributed by atoms with Gasteiger partial charge in [0.1, 0.15) is 0 Å². The summed E-state index contributed by atoms with van der Waals surface area (Å²) in [6.07, 6.45) is 4.42. The van der Waals surface area contributed by atoms with Gasteiger partial charge in [-0.05, 0) is 31.2 Å². The number of carbonyl (C=O) groups is 1. The van der Waals surface area contributed by atoms with Crippen LogP contribution in [0.25, 0.3) is 0 Å². The summed E-state index contributed by atoms with van der Waals surface area (Å²) in [6, 6.07) is 10.1. The molecule has 0 aromatic heterocycles. The molecule has 1 saturated carbocycles. The van der Waals surface area contributed by atoms with Crippen molar-refractivity contribution in [3.63, 3.8) is 0 Å². The van der Waals surface area contributed by atoms with Gasteiger partial charge < -0.3 is 15.8 Å². The van der Waals surface area contributed by atoms with Crippen molar-refractivity contribution >= 4 is 5.91 Å². The minimum Gasteiger partial charge on any atom is -0.381 e. The van der Waals surface area contributed by atoms with Crippen LogP contribution in [-0.4, -0.2) is 25.2 Å². The van der Waals surface area contributed by atoms with E-state index in [-0.39, 0.29) is 18.0 Å². The molecular formula is C16H24N2O2. The van der Waals surface area contributed by atoms with Crippen molar-refractivity contribution in [2.75, 3.05) is 7.11 Å². The zero-order valence-corrected chi connectivity index (χ0v) is 12.0. The van der Waals surface area contributed by atoms with Crippen molar-refractivity contribution in [2.45, 2.75) is 50.3 Å². The average Bonchev–Trinajstić information content (AvgIpc) is 2.93. The summed E-state index contributed by atoms with van der Waals surface area (Å²) in [5, 5.41) is 3.08. The van der Waals surface area contributed by atoms with Crippen molar-refractivity contribution in [1.29, 1.82) is 0 Å². The van der Waals surface area contributed by atoms with E-state index in [1.54, 1.807) is 7.11 Å². The maximum atomic E-state index is 11.9. The van der Waals surface area contributed by atoms with Crippen molar-refractivity contribution in [1.82, 2.24) is 5.32 Å². The predicted molar refractivity (Wildman–Crippen MR) is 79.2 cm³/mol. The first-order valence-electron chi connectivity index (χ1n) is 7.31. The number of benzene rings is 1. The second-order valence-electron chi connectivity index (χ2n) is 5.49. The van der Waals surface area contributed by atoms with Gasteiger partial charge in [0.05, 0.1) is 6.10 Å². The lowest BCUT2D eigenvalue weighted by Gasteiger charge is -2.15. The van der Waals surface area contributed by atoms with E-state index in [1.165, 1.54) is 0 Å². The molecular weight excluding hydrogens is 252 g/mol. The predicted octanol–water partition coefficient (Wildman–Crippen LogP) is 2.15. The van der Waals surface area contributed by atoms with Crippen molar-refractivity contribution in [2.24, 2.45) is 5.73 Å². The monoisotopic (exact) mass is 276 g/mol. The smallest absolute Gasteiger partial charge is 0.220 e. The Bertz CT molecular complexity index is 422. The van der Waals surface area contributed by atoms with Crippen molar-refractivity contribution < 1.29 is 9.53 Å². The molecule has 4 heteroatoms. The van der Waals surface area contributed by atoms with Crippen LogP contribution in [-0.2, 0) is 9.53 Å². The summed E-state index contributed by atoms with van der Waals surface area (Å²) >= 11 is 0. The second kappa shape index (κ2) is 7.41. The van der Waals surface area contributed by atoms with Gasteiger partial charge in [0.25, 0.3) is 0 Å². The highest BCUT2D eigenvalue weighted by atomic mass is 16.5. The molecule has 1 amide bonds. The highest BCUT2D eigenvalue weighted by molar-refractivity contribution is 5.76. The molecule has 2 rings (SSSR count). The topological polar surface area (TPSA) is 64.3 Å². The first-order chi connectivity index (χ1) is 9.69. The number of amides is 1. The van der Waals surface area contributed by atoms with Gasteiger partial charge in [0.15, 0.2) is 0 Å². The van der Waals surface area contributed by atoms with Gasteiger partial charge in [-0.2, -0.15) is 0 Å². The minimum atomic E-state index is -0.0720. The van der Waals surface area contributed by atoms with E-state index in [0.717, 1.165) is 24.8 Å². The van der Waals surface area contributed by atoms with Crippen LogP contribution in [0.2, 0.25) is 0 Å². The molecule has 110 valence electrons. The largest absolute Gasteiger partial charge is 0.381 e. The van der Waals surface area contributed by atoms with Gasteiger partial charge in [-0.1, -0.05) is 30.3 Å². The number of nitrogens with one attached hydrogen (secondary N) is 1. The summed E-state index contributed by atoms with van der Waals surface area (Å²) in [6.45, 7) is 0. The lowest BCUT2D eigenvalue weighted by molar-refractivity contribution is -0.122. The van der Waals surface area contributed by atoms with Crippen LogP contribution in [0.5, 0.6) is 0 Å². The van der Waals surface area contributed by atoms with Crippen LogP contribution in [0.4, 0.5) is 0 Å². The quantitative estimate of drug-likeness (QED) is 0.836. The molecule has 0 heterocycles. The molecule has 0 saturated heterocycles. The number of carbonyl (C=O) groups excluding carboxylic acids is 1. The van der Waals surface area contributed by atoms with Crippen LogP contribution in [0, 0.1) is 0 Å². The Morgan fingerprint density at radius 3 is 2.80 bits per heavy atom. The summed E-state index contributed by atoms with van der Waals surface area (Å²) in [5.41, 5.74) is 7.18. The average molecular weight is 276 g/mol. The second-order valence-corrected chi connectivity index (χ2v) is 5.49. The first kappa shape index (κ1) is 15.0. The highest BCUT2D eigenvalue weighted by Crippen LogP contribution is 2.22. The summed E-state index contributed by atoms with van der Waals surface area (Å²) < 4.78 is 5.31. The number of methoxy groups -OCH3 is 1. The minimum absolute atomic E-state index is 0.0720. The van der Waals surface area contributed by atoms with Crippen molar-refractivity contribution in [3.05, 3.63) is 35.9 Å². The van der Waals surface area contributed by atoms with E-state index >= 15 is 0 Å². The molecule has 3 unspecified atom stereocenters. The van der Waals surface area contributed by atoms with Gasteiger partial charge in [0.2, 0.25) is 5.91 Å². The van der Waals surface area contributed by atoms with E-state index in [2.05, 4.69) is 5.32 Å². The van der Waals surface area contributed by atoms with Crippen LogP contribution in [0.1, 0.15) is 43.7 Å². The summed E-state index contributed by atoms with van der Waals surface area (Å²) in [7, 11) is 1.73. The molecule has 0 aliphatic heterocycles. The maximum absolute atomic E-state index is 11.9. The molecule has 1 aliphatic carbocycles. The highest BCUT2D eigenvalue weighted by Gasteiger charge is 2.25. The fourth-order valence-electron chi connectivity index (χ4n) is 2.74. The Morgan fingerprint density at radius 1 is 1.40 bits per heavy atom. The Labute approximate surface area is 120 Å². The molecule has 3 N–H and O–H groups in total. The fraction of sp³-hybridized carbons (Fsp3) is 0.562. The Kier molecular flexibility index (Phi) is 5.56. The van der Waals surface area contributed by atoms with Crippen LogP contribution < -0.4 is 11.1 Å². The molecule has 0 spiro atoms. The number of rotatable bonds is 6. The van der Waals surface area contributed by atoms with Gasteiger partial charge in [0, 0.05) is 25.6 Å². The normalized spacial score (nSPS) is 23.5. The van der Waals surface area contributed by atoms with Crippen LogP contribution in [0.3, 0.4) is 0 Å². The Balaban J connectivity index is 1.70. The standard InChI is InChI=1S/C16H24N2O2/c1-20-14-8-7-13(11-14)18-16(19)10-9-15(17)12-5-3-2-4-6-12/h2-6,13-15H,7-11,17H2,1H3,(H,18,19). The molecule has 4 nitrogen and oxygen atoms in total. The Hall–Kier alpha value is -1.39. The van der Waals surface area contributed by atoms with Gasteiger partial charge in [-0.15, -0.1) is 0 Å². The van der Waals surface area contributed by atoms with Crippen LogP contribution >= 0.6 is 0 Å². The molecule has 3 atom stereocenters. The number of hydrogen-bond donors (Lipinski definition) is 2. The number of hydrogen-bond acceptors (Lipinski definition) is 3. The van der Waals surface area contributed by atoms with Gasteiger partial charge in [-0.3, -0.25) is 4.79 Å². The third-order valence-electron chi connectivity index (χ3n) is 3.99. The van der Waals surface area contributed by atoms with Crippen molar-refractivity contribution in [3.8, 4) is 0 Å². The lowest BCUT2D eigenvalue weighted by Crippen LogP contribution is -2.33. The SMILES string of the molecule is COC1CCC(NC(=O)CCC(N)c2ccccc2)C1. The molecule has 1 aliphatic rings. The first-order valence-corrected chi connectivity index (χ1v) is 7.31. The molecule has 0 radical (unpaired) electrons. The third-order valence-corrected chi connectivity index (χ3v) is 3.99. The third kappa shape index (κ3) is 4.32. The zero-order chi connectivity index (χ0) is 14.4. The maximum Gasteiger partial charge on any atom is 0.220 e. The van der Waals surface area contributed by atoms with Gasteiger partial charge >= 0.3 is 0 Å².